The quantitative estimate of drug-likeness (QED) is 0.835. The van der Waals surface area contributed by atoms with Crippen LogP contribution in [0.5, 0.6) is 0 Å². The highest BCUT2D eigenvalue weighted by Crippen LogP contribution is 2.20. The Morgan fingerprint density at radius 3 is 2.60 bits per heavy atom. The van der Waals surface area contributed by atoms with Crippen molar-refractivity contribution in [2.45, 2.75) is 25.8 Å². The number of rotatable bonds is 5. The minimum atomic E-state index is -0.0421. The molecule has 0 aliphatic carbocycles. The number of hydrogen-bond acceptors (Lipinski definition) is 4. The fraction of sp³-hybridized carbons (Fsp3) is 0.562. The Bertz CT molecular complexity index is 414. The third-order valence-electron chi connectivity index (χ3n) is 3.89. The summed E-state index contributed by atoms with van der Waals surface area (Å²) < 4.78 is 5.08. The van der Waals surface area contributed by atoms with Crippen molar-refractivity contribution in [2.75, 3.05) is 26.2 Å². The third-order valence-corrected chi connectivity index (χ3v) is 3.89. The van der Waals surface area contributed by atoms with Crippen LogP contribution in [0, 0.1) is 5.92 Å². The van der Waals surface area contributed by atoms with Gasteiger partial charge >= 0.3 is 5.97 Å². The average Bonchev–Trinajstić information content (AvgIpc) is 2.49. The highest BCUT2D eigenvalue weighted by Gasteiger charge is 2.26. The van der Waals surface area contributed by atoms with E-state index in [0.29, 0.717) is 6.61 Å². The largest absolute Gasteiger partial charge is 0.466 e. The van der Waals surface area contributed by atoms with E-state index >= 15 is 0 Å². The molecule has 1 aromatic rings. The van der Waals surface area contributed by atoms with Crippen molar-refractivity contribution < 1.29 is 9.53 Å². The van der Waals surface area contributed by atoms with Crippen molar-refractivity contribution in [3.63, 3.8) is 0 Å². The van der Waals surface area contributed by atoms with Crippen LogP contribution in [0.1, 0.15) is 31.4 Å². The predicted molar refractivity (Wildman–Crippen MR) is 79.2 cm³/mol. The van der Waals surface area contributed by atoms with E-state index in [-0.39, 0.29) is 17.9 Å². The SMILES string of the molecule is CCOC(=O)C1CCN(C[C@@H](N)c2ccccc2)CC1. The first-order chi connectivity index (χ1) is 9.70. The van der Waals surface area contributed by atoms with E-state index in [1.807, 2.05) is 25.1 Å². The molecule has 0 unspecified atom stereocenters. The lowest BCUT2D eigenvalue weighted by Gasteiger charge is -2.32. The van der Waals surface area contributed by atoms with Crippen molar-refractivity contribution in [2.24, 2.45) is 11.7 Å². The van der Waals surface area contributed by atoms with E-state index in [1.165, 1.54) is 5.56 Å². The summed E-state index contributed by atoms with van der Waals surface area (Å²) in [6, 6.07) is 10.2. The summed E-state index contributed by atoms with van der Waals surface area (Å²) >= 11 is 0. The Morgan fingerprint density at radius 1 is 1.35 bits per heavy atom. The number of carbonyl (C=O) groups is 1. The van der Waals surface area contributed by atoms with Crippen molar-refractivity contribution in [1.29, 1.82) is 0 Å². The van der Waals surface area contributed by atoms with Gasteiger partial charge in [-0.3, -0.25) is 4.79 Å². The summed E-state index contributed by atoms with van der Waals surface area (Å²) in [5.74, 6) is 0.0265. The minimum absolute atomic E-state index is 0.0374. The second-order valence-electron chi connectivity index (χ2n) is 5.34. The molecule has 2 N–H and O–H groups in total. The van der Waals surface area contributed by atoms with Crippen molar-refractivity contribution >= 4 is 5.97 Å². The molecule has 1 atom stereocenters. The van der Waals surface area contributed by atoms with Crippen LogP contribution in [0.15, 0.2) is 30.3 Å². The number of esters is 1. The molecule has 1 aliphatic rings. The zero-order chi connectivity index (χ0) is 14.4. The van der Waals surface area contributed by atoms with Crippen LogP contribution in [0.2, 0.25) is 0 Å². The van der Waals surface area contributed by atoms with Gasteiger partial charge in [-0.15, -0.1) is 0 Å². The van der Waals surface area contributed by atoms with Gasteiger partial charge in [0.25, 0.3) is 0 Å². The second-order valence-corrected chi connectivity index (χ2v) is 5.34. The number of likely N-dealkylation sites (tertiary alicyclic amines) is 1. The van der Waals surface area contributed by atoms with Crippen molar-refractivity contribution in [3.8, 4) is 0 Å². The normalized spacial score (nSPS) is 18.7. The molecule has 20 heavy (non-hydrogen) atoms. The fourth-order valence-electron chi connectivity index (χ4n) is 2.70. The molecule has 110 valence electrons. The zero-order valence-corrected chi connectivity index (χ0v) is 12.1. The summed E-state index contributed by atoms with van der Waals surface area (Å²) in [4.78, 5) is 14.0. The standard InChI is InChI=1S/C16H24N2O2/c1-2-20-16(19)14-8-10-18(11-9-14)12-15(17)13-6-4-3-5-7-13/h3-7,14-15H,2,8-12,17H2,1H3/t15-/m1/s1. The molecule has 0 amide bonds. The van der Waals surface area contributed by atoms with Gasteiger partial charge < -0.3 is 15.4 Å². The van der Waals surface area contributed by atoms with Crippen LogP contribution >= 0.6 is 0 Å². The van der Waals surface area contributed by atoms with E-state index < -0.39 is 0 Å². The highest BCUT2D eigenvalue weighted by atomic mass is 16.5. The summed E-state index contributed by atoms with van der Waals surface area (Å²) in [5.41, 5.74) is 7.40. The second kappa shape index (κ2) is 7.41. The lowest BCUT2D eigenvalue weighted by Crippen LogP contribution is -2.40. The summed E-state index contributed by atoms with van der Waals surface area (Å²) in [5, 5.41) is 0. The molecule has 1 heterocycles. The molecule has 0 aromatic heterocycles. The van der Waals surface area contributed by atoms with Crippen molar-refractivity contribution in [3.05, 3.63) is 35.9 Å². The number of nitrogens with two attached hydrogens (primary N) is 1. The molecular weight excluding hydrogens is 252 g/mol. The summed E-state index contributed by atoms with van der Waals surface area (Å²) in [6.07, 6.45) is 1.75. The maximum absolute atomic E-state index is 11.7. The maximum Gasteiger partial charge on any atom is 0.309 e. The summed E-state index contributed by atoms with van der Waals surface area (Å²) in [7, 11) is 0. The van der Waals surface area contributed by atoms with E-state index in [4.69, 9.17) is 10.5 Å². The van der Waals surface area contributed by atoms with Crippen LogP contribution in [0.25, 0.3) is 0 Å². The maximum atomic E-state index is 11.7. The number of ether oxygens (including phenoxy) is 1. The van der Waals surface area contributed by atoms with Gasteiger partial charge in [0.15, 0.2) is 0 Å². The fourth-order valence-corrected chi connectivity index (χ4v) is 2.70. The van der Waals surface area contributed by atoms with Crippen molar-refractivity contribution in [1.82, 2.24) is 4.90 Å². The Morgan fingerprint density at radius 2 is 2.00 bits per heavy atom. The van der Waals surface area contributed by atoms with Crippen LogP contribution < -0.4 is 5.73 Å². The predicted octanol–water partition coefficient (Wildman–Crippen LogP) is 1.96. The van der Waals surface area contributed by atoms with E-state index in [9.17, 15) is 4.79 Å². The van der Waals surface area contributed by atoms with Gasteiger partial charge in [0, 0.05) is 12.6 Å². The summed E-state index contributed by atoms with van der Waals surface area (Å²) in [6.45, 7) is 5.01. The third kappa shape index (κ3) is 4.05. The minimum Gasteiger partial charge on any atom is -0.466 e. The topological polar surface area (TPSA) is 55.6 Å². The Labute approximate surface area is 120 Å². The molecule has 0 radical (unpaired) electrons. The average molecular weight is 276 g/mol. The van der Waals surface area contributed by atoms with Crippen LogP contribution in [0.4, 0.5) is 0 Å². The Hall–Kier alpha value is -1.39. The molecule has 1 aliphatic heterocycles. The van der Waals surface area contributed by atoms with E-state index in [0.717, 1.165) is 32.5 Å². The first kappa shape index (κ1) is 15.0. The zero-order valence-electron chi connectivity index (χ0n) is 12.1. The number of benzene rings is 1. The van der Waals surface area contributed by atoms with Gasteiger partial charge in [0.05, 0.1) is 12.5 Å². The molecule has 0 spiro atoms. The molecule has 1 fully saturated rings. The Kier molecular flexibility index (Phi) is 5.56. The molecule has 1 saturated heterocycles. The van der Waals surface area contributed by atoms with Gasteiger partial charge in [0.1, 0.15) is 0 Å². The number of nitrogens with zero attached hydrogens (tertiary/aromatic N) is 1. The van der Waals surface area contributed by atoms with Gasteiger partial charge in [-0.2, -0.15) is 0 Å². The lowest BCUT2D eigenvalue weighted by atomic mass is 9.96. The smallest absolute Gasteiger partial charge is 0.309 e. The molecule has 4 heteroatoms. The van der Waals surface area contributed by atoms with Crippen LogP contribution in [0.3, 0.4) is 0 Å². The van der Waals surface area contributed by atoms with Gasteiger partial charge in [-0.05, 0) is 38.4 Å². The molecule has 2 rings (SSSR count). The molecular formula is C16H24N2O2. The van der Waals surface area contributed by atoms with Gasteiger partial charge in [0.2, 0.25) is 0 Å². The number of piperidine rings is 1. The van der Waals surface area contributed by atoms with Gasteiger partial charge in [-0.25, -0.2) is 0 Å². The van der Waals surface area contributed by atoms with Crippen LogP contribution in [-0.2, 0) is 9.53 Å². The highest BCUT2D eigenvalue weighted by molar-refractivity contribution is 5.72. The molecule has 4 nitrogen and oxygen atoms in total. The number of carbonyl (C=O) groups excluding carboxylic acids is 1. The first-order valence-electron chi connectivity index (χ1n) is 7.40. The molecule has 1 aromatic carbocycles. The van der Waals surface area contributed by atoms with E-state index in [2.05, 4.69) is 17.0 Å². The van der Waals surface area contributed by atoms with Crippen LogP contribution in [-0.4, -0.2) is 37.1 Å². The monoisotopic (exact) mass is 276 g/mol. The molecule has 0 saturated carbocycles. The number of hydrogen-bond donors (Lipinski definition) is 1. The van der Waals surface area contributed by atoms with E-state index in [1.54, 1.807) is 0 Å². The first-order valence-corrected chi connectivity index (χ1v) is 7.40. The molecule has 0 bridgehead atoms. The van der Waals surface area contributed by atoms with Gasteiger partial charge in [-0.1, -0.05) is 30.3 Å². The lowest BCUT2D eigenvalue weighted by molar-refractivity contribution is -0.149. The Balaban J connectivity index is 1.78.